The summed E-state index contributed by atoms with van der Waals surface area (Å²) in [6.45, 7) is 5.88. The molecule has 24 heavy (non-hydrogen) atoms. The molecule has 6 nitrogen and oxygen atoms in total. The third-order valence-corrected chi connectivity index (χ3v) is 5.19. The minimum atomic E-state index is -0.509. The zero-order chi connectivity index (χ0) is 16.8. The number of nitrogens with zero attached hydrogens (tertiary/aromatic N) is 1. The molecule has 2 N–H and O–H groups in total. The van der Waals surface area contributed by atoms with Gasteiger partial charge in [0.2, 0.25) is 0 Å². The third-order valence-electron chi connectivity index (χ3n) is 5.19. The van der Waals surface area contributed by atoms with Crippen molar-refractivity contribution in [2.45, 2.75) is 44.9 Å². The number of carbonyl (C=O) groups is 2. The van der Waals surface area contributed by atoms with E-state index in [9.17, 15) is 9.59 Å². The molecule has 6 heteroatoms. The van der Waals surface area contributed by atoms with Crippen LogP contribution in [0.5, 0.6) is 5.75 Å². The van der Waals surface area contributed by atoms with Gasteiger partial charge < -0.3 is 15.4 Å². The van der Waals surface area contributed by atoms with Crippen LogP contribution in [0.1, 0.15) is 37.0 Å². The Balaban J connectivity index is 1.45. The van der Waals surface area contributed by atoms with Crippen LogP contribution in [0.2, 0.25) is 0 Å². The van der Waals surface area contributed by atoms with Crippen LogP contribution in [0.4, 0.5) is 5.69 Å². The molecule has 4 rings (SSSR count). The molecule has 2 amide bonds. The van der Waals surface area contributed by atoms with Crippen LogP contribution in [-0.4, -0.2) is 48.0 Å². The van der Waals surface area contributed by atoms with Crippen molar-refractivity contribution in [3.63, 3.8) is 0 Å². The first-order chi connectivity index (χ1) is 11.5. The zero-order valence-electron chi connectivity index (χ0n) is 14.0. The number of anilines is 1. The second-order valence-electron chi connectivity index (χ2n) is 7.20. The van der Waals surface area contributed by atoms with E-state index in [0.29, 0.717) is 22.9 Å². The number of amides is 2. The molecule has 2 aliphatic heterocycles. The Kier molecular flexibility index (Phi) is 3.72. The van der Waals surface area contributed by atoms with E-state index in [4.69, 9.17) is 4.74 Å². The maximum atomic E-state index is 12.6. The molecule has 0 aromatic heterocycles. The Labute approximate surface area is 141 Å². The van der Waals surface area contributed by atoms with Gasteiger partial charge in [0.25, 0.3) is 11.8 Å². The van der Waals surface area contributed by atoms with Gasteiger partial charge in [-0.3, -0.25) is 14.5 Å². The molecule has 2 fully saturated rings. The Hall–Kier alpha value is -2.08. The molecule has 1 unspecified atom stereocenters. The van der Waals surface area contributed by atoms with E-state index in [-0.39, 0.29) is 17.9 Å². The van der Waals surface area contributed by atoms with Gasteiger partial charge in [0, 0.05) is 30.7 Å². The predicted molar refractivity (Wildman–Crippen MR) is 90.2 cm³/mol. The van der Waals surface area contributed by atoms with Gasteiger partial charge in [-0.15, -0.1) is 0 Å². The Bertz CT molecular complexity index is 686. The van der Waals surface area contributed by atoms with Crippen molar-refractivity contribution in [2.75, 3.05) is 18.4 Å². The summed E-state index contributed by atoms with van der Waals surface area (Å²) in [4.78, 5) is 26.8. The fraction of sp³-hybridized carbons (Fsp3) is 0.556. The number of benzene rings is 1. The average Bonchev–Trinajstić information content (AvgIpc) is 3.33. The van der Waals surface area contributed by atoms with Gasteiger partial charge in [0.05, 0.1) is 5.69 Å². The summed E-state index contributed by atoms with van der Waals surface area (Å²) in [6, 6.07) is 6.09. The van der Waals surface area contributed by atoms with Crippen molar-refractivity contribution in [3.8, 4) is 5.75 Å². The molecule has 1 saturated heterocycles. The Morgan fingerprint density at radius 1 is 1.29 bits per heavy atom. The van der Waals surface area contributed by atoms with E-state index in [1.54, 1.807) is 25.1 Å². The van der Waals surface area contributed by atoms with Crippen molar-refractivity contribution < 1.29 is 14.3 Å². The maximum Gasteiger partial charge on any atom is 0.265 e. The molecule has 2 heterocycles. The highest BCUT2D eigenvalue weighted by molar-refractivity contribution is 6.01. The molecular weight excluding hydrogens is 306 g/mol. The van der Waals surface area contributed by atoms with Crippen LogP contribution >= 0.6 is 0 Å². The smallest absolute Gasteiger partial charge is 0.265 e. The molecule has 0 spiro atoms. The van der Waals surface area contributed by atoms with Crippen molar-refractivity contribution in [3.05, 3.63) is 23.8 Å². The SMILES string of the molecule is CC1Oc2ccc(C(=O)N[C@@H]3CN(C4CC4)C[C@@H]3C)cc2NC1=O. The zero-order valence-corrected chi connectivity index (χ0v) is 14.0. The number of hydrogen-bond donors (Lipinski definition) is 2. The van der Waals surface area contributed by atoms with Crippen molar-refractivity contribution in [1.29, 1.82) is 0 Å². The quantitative estimate of drug-likeness (QED) is 0.884. The summed E-state index contributed by atoms with van der Waals surface area (Å²) in [6.07, 6.45) is 2.07. The van der Waals surface area contributed by atoms with E-state index in [1.807, 2.05) is 0 Å². The highest BCUT2D eigenvalue weighted by atomic mass is 16.5. The largest absolute Gasteiger partial charge is 0.479 e. The van der Waals surface area contributed by atoms with Gasteiger partial charge in [-0.2, -0.15) is 0 Å². The van der Waals surface area contributed by atoms with Crippen LogP contribution in [0, 0.1) is 5.92 Å². The standard InChI is InChI=1S/C18H23N3O3/c1-10-8-21(13-4-5-13)9-15(10)20-18(23)12-3-6-16-14(7-12)19-17(22)11(2)24-16/h3,6-7,10-11,13,15H,4-5,8-9H2,1-2H3,(H,19,22)(H,20,23)/t10-,11?,15+/m0/s1. The highest BCUT2D eigenvalue weighted by Gasteiger charge is 2.38. The first-order valence-electron chi connectivity index (χ1n) is 8.68. The van der Waals surface area contributed by atoms with Gasteiger partial charge in [-0.05, 0) is 43.9 Å². The van der Waals surface area contributed by atoms with E-state index < -0.39 is 6.10 Å². The average molecular weight is 329 g/mol. The molecule has 1 aromatic rings. The number of ether oxygens (including phenoxy) is 1. The van der Waals surface area contributed by atoms with Crippen molar-refractivity contribution >= 4 is 17.5 Å². The molecule has 0 radical (unpaired) electrons. The lowest BCUT2D eigenvalue weighted by Gasteiger charge is -2.24. The first-order valence-corrected chi connectivity index (χ1v) is 8.68. The second-order valence-corrected chi connectivity index (χ2v) is 7.20. The molecule has 1 saturated carbocycles. The van der Waals surface area contributed by atoms with E-state index >= 15 is 0 Å². The van der Waals surface area contributed by atoms with Gasteiger partial charge in [0.15, 0.2) is 6.10 Å². The van der Waals surface area contributed by atoms with Crippen molar-refractivity contribution in [2.24, 2.45) is 5.92 Å². The molecular formula is C18H23N3O3. The summed E-state index contributed by atoms with van der Waals surface area (Å²) >= 11 is 0. The van der Waals surface area contributed by atoms with Gasteiger partial charge in [-0.25, -0.2) is 0 Å². The number of carbonyl (C=O) groups excluding carboxylic acids is 2. The third kappa shape index (κ3) is 2.86. The minimum Gasteiger partial charge on any atom is -0.479 e. The summed E-state index contributed by atoms with van der Waals surface area (Å²) in [7, 11) is 0. The van der Waals surface area contributed by atoms with Gasteiger partial charge >= 0.3 is 0 Å². The fourth-order valence-corrected chi connectivity index (χ4v) is 3.53. The van der Waals surface area contributed by atoms with Crippen molar-refractivity contribution in [1.82, 2.24) is 10.2 Å². The Morgan fingerprint density at radius 3 is 2.83 bits per heavy atom. The lowest BCUT2D eigenvalue weighted by atomic mass is 10.1. The van der Waals surface area contributed by atoms with Crippen LogP contribution in [0.25, 0.3) is 0 Å². The van der Waals surface area contributed by atoms with Crippen LogP contribution in [0.3, 0.4) is 0 Å². The number of likely N-dealkylation sites (tertiary alicyclic amines) is 1. The van der Waals surface area contributed by atoms with E-state index in [0.717, 1.165) is 19.1 Å². The lowest BCUT2D eigenvalue weighted by molar-refractivity contribution is -0.122. The summed E-state index contributed by atoms with van der Waals surface area (Å²) < 4.78 is 5.53. The predicted octanol–water partition coefficient (Wildman–Crippen LogP) is 1.62. The summed E-state index contributed by atoms with van der Waals surface area (Å²) in [5.41, 5.74) is 1.11. The first kappa shape index (κ1) is 15.4. The second kappa shape index (κ2) is 5.77. The number of fused-ring (bicyclic) bond motifs is 1. The van der Waals surface area contributed by atoms with Crippen LogP contribution in [-0.2, 0) is 4.79 Å². The highest BCUT2D eigenvalue weighted by Crippen LogP contribution is 2.32. The number of rotatable bonds is 3. The Morgan fingerprint density at radius 2 is 2.08 bits per heavy atom. The number of hydrogen-bond acceptors (Lipinski definition) is 4. The number of nitrogens with one attached hydrogen (secondary N) is 2. The van der Waals surface area contributed by atoms with Gasteiger partial charge in [0.1, 0.15) is 5.75 Å². The lowest BCUT2D eigenvalue weighted by Crippen LogP contribution is -2.40. The topological polar surface area (TPSA) is 70.7 Å². The van der Waals surface area contributed by atoms with Gasteiger partial charge in [-0.1, -0.05) is 6.92 Å². The summed E-state index contributed by atoms with van der Waals surface area (Å²) in [5.74, 6) is 0.772. The monoisotopic (exact) mass is 329 g/mol. The minimum absolute atomic E-state index is 0.0971. The maximum absolute atomic E-state index is 12.6. The molecule has 3 atom stereocenters. The van der Waals surface area contributed by atoms with E-state index in [1.165, 1.54) is 12.8 Å². The normalized spacial score (nSPS) is 29.6. The van der Waals surface area contributed by atoms with Crippen LogP contribution < -0.4 is 15.4 Å². The van der Waals surface area contributed by atoms with E-state index in [2.05, 4.69) is 22.5 Å². The molecule has 0 bridgehead atoms. The van der Waals surface area contributed by atoms with Crippen LogP contribution in [0.15, 0.2) is 18.2 Å². The molecule has 3 aliphatic rings. The molecule has 128 valence electrons. The molecule has 1 aromatic carbocycles. The summed E-state index contributed by atoms with van der Waals surface area (Å²) in [5, 5.41) is 5.94. The fourth-order valence-electron chi connectivity index (χ4n) is 3.53. The molecule has 1 aliphatic carbocycles.